The molecule has 15 heavy (non-hydrogen) atoms. The Labute approximate surface area is 83.8 Å². The number of nitrogens with one attached hydrogen (secondary N) is 1. The summed E-state index contributed by atoms with van der Waals surface area (Å²) in [7, 11) is 0. The van der Waals surface area contributed by atoms with Crippen molar-refractivity contribution in [1.82, 2.24) is 20.0 Å². The summed E-state index contributed by atoms with van der Waals surface area (Å²) in [4.78, 5) is 2.01. The van der Waals surface area contributed by atoms with Gasteiger partial charge in [-0.2, -0.15) is 0 Å². The van der Waals surface area contributed by atoms with Crippen molar-refractivity contribution < 1.29 is 5.21 Å². The van der Waals surface area contributed by atoms with Crippen molar-refractivity contribution in [3.8, 4) is 5.69 Å². The van der Waals surface area contributed by atoms with Gasteiger partial charge in [-0.25, -0.2) is 0 Å². The van der Waals surface area contributed by atoms with E-state index in [4.69, 9.17) is 5.41 Å². The van der Waals surface area contributed by atoms with Gasteiger partial charge in [-0.05, 0) is 5.21 Å². The van der Waals surface area contributed by atoms with Crippen molar-refractivity contribution in [1.29, 1.82) is 5.41 Å². The summed E-state index contributed by atoms with van der Waals surface area (Å²) in [6.07, 6.45) is 1.52. The lowest BCUT2D eigenvalue weighted by atomic mass is 10.1. The average Bonchev–Trinajstić information content (AvgIpc) is 2.62. The summed E-state index contributed by atoms with van der Waals surface area (Å²) in [5.74, 6) is 0. The minimum absolute atomic E-state index is 0.0506. The van der Waals surface area contributed by atoms with Gasteiger partial charge >= 0.3 is 0 Å². The number of hydrogen-bond acceptors (Lipinski definition) is 4. The van der Waals surface area contributed by atoms with Gasteiger partial charge in [0.1, 0.15) is 5.69 Å². The van der Waals surface area contributed by atoms with Gasteiger partial charge in [0.25, 0.3) is 0 Å². The van der Waals surface area contributed by atoms with E-state index in [1.807, 2.05) is 24.3 Å². The monoisotopic (exact) mass is 201 g/mol. The van der Waals surface area contributed by atoms with Gasteiger partial charge < -0.3 is 5.21 Å². The van der Waals surface area contributed by atoms with Crippen molar-refractivity contribution >= 4 is 10.8 Å². The fourth-order valence-corrected chi connectivity index (χ4v) is 1.66. The van der Waals surface area contributed by atoms with Crippen LogP contribution in [0.15, 0.2) is 30.5 Å². The first-order valence-electron chi connectivity index (χ1n) is 4.37. The van der Waals surface area contributed by atoms with Crippen LogP contribution in [0.25, 0.3) is 16.5 Å². The third-order valence-electron chi connectivity index (χ3n) is 2.32. The molecule has 1 aromatic rings. The van der Waals surface area contributed by atoms with Gasteiger partial charge in [-0.1, -0.05) is 24.3 Å². The van der Waals surface area contributed by atoms with E-state index in [0.717, 1.165) is 15.6 Å². The molecule has 2 aliphatic heterocycles. The molecular weight excluding hydrogens is 194 g/mol. The Morgan fingerprint density at radius 1 is 1.27 bits per heavy atom. The van der Waals surface area contributed by atoms with Crippen LogP contribution >= 0.6 is 0 Å². The second-order valence-electron chi connectivity index (χ2n) is 3.21. The van der Waals surface area contributed by atoms with Gasteiger partial charge in [0.2, 0.25) is 0 Å². The molecule has 6 nitrogen and oxygen atoms in total. The highest BCUT2D eigenvalue weighted by Gasteiger charge is 2.13. The minimum Gasteiger partial charge on any atom is -0.412 e. The van der Waals surface area contributed by atoms with E-state index in [2.05, 4.69) is 10.3 Å². The summed E-state index contributed by atoms with van der Waals surface area (Å²) in [5.41, 5.74) is 0.546. The zero-order valence-corrected chi connectivity index (χ0v) is 7.62. The first-order chi connectivity index (χ1) is 7.27. The number of nitrogens with zero attached hydrogens (tertiary/aromatic N) is 4. The summed E-state index contributed by atoms with van der Waals surface area (Å²) in [5, 5.41) is 26.1. The number of benzene rings is 1. The molecule has 0 atom stereocenters. The molecule has 2 aliphatic rings. The number of rotatable bonds is 0. The van der Waals surface area contributed by atoms with Crippen molar-refractivity contribution in [2.75, 3.05) is 0 Å². The first-order valence-corrected chi connectivity index (χ1v) is 4.37. The van der Waals surface area contributed by atoms with Gasteiger partial charge in [0.05, 0.1) is 6.20 Å². The molecule has 0 spiro atoms. The van der Waals surface area contributed by atoms with Crippen molar-refractivity contribution in [2.24, 2.45) is 0 Å². The summed E-state index contributed by atoms with van der Waals surface area (Å²) >= 11 is 0. The lowest BCUT2D eigenvalue weighted by Gasteiger charge is -2.08. The van der Waals surface area contributed by atoms with Crippen LogP contribution in [0.4, 0.5) is 0 Å². The molecule has 3 rings (SSSR count). The molecule has 0 aliphatic carbocycles. The van der Waals surface area contributed by atoms with E-state index in [-0.39, 0.29) is 5.49 Å². The molecule has 0 radical (unpaired) electrons. The van der Waals surface area contributed by atoms with E-state index in [9.17, 15) is 5.21 Å². The molecule has 0 amide bonds. The van der Waals surface area contributed by atoms with Crippen molar-refractivity contribution in [3.05, 3.63) is 36.0 Å². The maximum atomic E-state index is 9.58. The van der Waals surface area contributed by atoms with Crippen molar-refractivity contribution in [3.63, 3.8) is 0 Å². The quantitative estimate of drug-likeness (QED) is 0.516. The molecule has 0 fully saturated rings. The lowest BCUT2D eigenvalue weighted by molar-refractivity contribution is 0.113. The summed E-state index contributed by atoms with van der Waals surface area (Å²) in [6.45, 7) is 0. The topological polar surface area (TPSA) is 79.7 Å². The Hall–Kier alpha value is -2.37. The largest absolute Gasteiger partial charge is 0.412 e. The average molecular weight is 201 g/mol. The predicted molar refractivity (Wildman–Crippen MR) is 51.1 cm³/mol. The first kappa shape index (κ1) is 7.98. The van der Waals surface area contributed by atoms with Gasteiger partial charge in [-0.3, -0.25) is 5.41 Å². The molecule has 74 valence electrons. The van der Waals surface area contributed by atoms with Gasteiger partial charge in [-0.15, -0.1) is 14.7 Å². The Morgan fingerprint density at radius 3 is 2.93 bits per heavy atom. The highest BCUT2D eigenvalue weighted by Crippen LogP contribution is 2.18. The molecule has 6 heteroatoms. The molecule has 0 saturated heterocycles. The highest BCUT2D eigenvalue weighted by molar-refractivity contribution is 5.88. The van der Waals surface area contributed by atoms with E-state index >= 15 is 0 Å². The van der Waals surface area contributed by atoms with Crippen LogP contribution in [0.3, 0.4) is 0 Å². The standard InChI is InChI=1S/C9H7N5O/c10-9-8-7-4-2-1-3-6(7)5-13(15)14(8)12-11-9/h1-5,10,15H. The second kappa shape index (κ2) is 2.57. The Morgan fingerprint density at radius 2 is 2.07 bits per heavy atom. The fraction of sp³-hybridized carbons (Fsp3) is 0. The molecule has 2 N–H and O–H groups in total. The third kappa shape index (κ3) is 0.954. The summed E-state index contributed by atoms with van der Waals surface area (Å²) in [6, 6.07) is 7.46. The predicted octanol–water partition coefficient (Wildman–Crippen LogP) is 0.377. The van der Waals surface area contributed by atoms with E-state index < -0.39 is 0 Å². The molecular formula is C9H7N5O. The molecule has 0 saturated carbocycles. The Bertz CT molecular complexity index is 668. The Balaban J connectivity index is 2.66. The van der Waals surface area contributed by atoms with Crippen LogP contribution in [0.1, 0.15) is 0 Å². The number of fused-ring (bicyclic) bond motifs is 3. The minimum atomic E-state index is 0.0506. The van der Waals surface area contributed by atoms with Crippen molar-refractivity contribution in [2.45, 2.75) is 0 Å². The lowest BCUT2D eigenvalue weighted by Crippen LogP contribution is -2.16. The smallest absolute Gasteiger partial charge is 0.197 e. The second-order valence-corrected chi connectivity index (χ2v) is 3.21. The maximum absolute atomic E-state index is 9.58. The van der Waals surface area contributed by atoms with E-state index in [1.165, 1.54) is 11.0 Å². The summed E-state index contributed by atoms with van der Waals surface area (Å²) < 4.78 is 0. The highest BCUT2D eigenvalue weighted by atomic mass is 16.5. The maximum Gasteiger partial charge on any atom is 0.197 e. The number of hydrogen-bond donors (Lipinski definition) is 2. The molecule has 2 heterocycles. The van der Waals surface area contributed by atoms with Gasteiger partial charge in [0, 0.05) is 10.8 Å². The number of aromatic nitrogens is 4. The Kier molecular flexibility index (Phi) is 1.37. The normalized spacial score (nSPS) is 11.2. The zero-order chi connectivity index (χ0) is 10.4. The van der Waals surface area contributed by atoms with Crippen LogP contribution in [0.5, 0.6) is 0 Å². The zero-order valence-electron chi connectivity index (χ0n) is 7.62. The van der Waals surface area contributed by atoms with Crippen LogP contribution in [-0.4, -0.2) is 25.2 Å². The van der Waals surface area contributed by atoms with Crippen LogP contribution in [0, 0.1) is 5.41 Å². The molecule has 0 bridgehead atoms. The van der Waals surface area contributed by atoms with Crippen LogP contribution in [0.2, 0.25) is 0 Å². The van der Waals surface area contributed by atoms with Gasteiger partial charge in [0.15, 0.2) is 5.49 Å². The fourth-order valence-electron chi connectivity index (χ4n) is 1.66. The van der Waals surface area contributed by atoms with Crippen LogP contribution in [-0.2, 0) is 0 Å². The molecule has 0 aromatic heterocycles. The SMILES string of the molecule is N=c1nnn2n(O)cc3ccccc3c1-2. The van der Waals surface area contributed by atoms with Crippen LogP contribution < -0.4 is 5.49 Å². The van der Waals surface area contributed by atoms with E-state index in [0.29, 0.717) is 5.69 Å². The molecule has 1 aromatic carbocycles. The van der Waals surface area contributed by atoms with E-state index in [1.54, 1.807) is 0 Å². The third-order valence-corrected chi connectivity index (χ3v) is 2.32. The molecule has 0 unspecified atom stereocenters.